The molecule has 2 heterocycles. The van der Waals surface area contributed by atoms with Crippen molar-refractivity contribution in [1.82, 2.24) is 10.2 Å². The molecule has 9 heteroatoms. The van der Waals surface area contributed by atoms with Gasteiger partial charge in [0.2, 0.25) is 11.0 Å². The molecule has 1 fully saturated rings. The third kappa shape index (κ3) is 2.77. The third-order valence-electron chi connectivity index (χ3n) is 4.67. The lowest BCUT2D eigenvalue weighted by atomic mass is 9.90. The second kappa shape index (κ2) is 6.30. The normalized spacial score (nSPS) is 18.2. The Kier molecular flexibility index (Phi) is 4.12. The van der Waals surface area contributed by atoms with Crippen molar-refractivity contribution in [3.63, 3.8) is 0 Å². The number of carbonyl (C=O) groups is 2. The molecule has 2 aromatic rings. The van der Waals surface area contributed by atoms with Crippen molar-refractivity contribution >= 4 is 51.4 Å². The molecular formula is C16H17N5O2S2. The van der Waals surface area contributed by atoms with Crippen LogP contribution in [0.15, 0.2) is 28.6 Å². The van der Waals surface area contributed by atoms with Crippen LogP contribution in [-0.4, -0.2) is 33.3 Å². The number of amides is 2. The van der Waals surface area contributed by atoms with E-state index in [-0.39, 0.29) is 17.6 Å². The van der Waals surface area contributed by atoms with Crippen molar-refractivity contribution in [3.05, 3.63) is 24.3 Å². The number of hydrogen-bond donors (Lipinski definition) is 2. The zero-order valence-corrected chi connectivity index (χ0v) is 15.0. The Bertz CT molecular complexity index is 831. The minimum Gasteiger partial charge on any atom is -0.374 e. The van der Waals surface area contributed by atoms with Crippen LogP contribution in [0.5, 0.6) is 0 Å². The Morgan fingerprint density at radius 1 is 1.32 bits per heavy atom. The van der Waals surface area contributed by atoms with Crippen molar-refractivity contribution < 1.29 is 9.59 Å². The van der Waals surface area contributed by atoms with Crippen LogP contribution in [-0.2, 0) is 9.59 Å². The number of nitrogens with two attached hydrogens (primary N) is 1. The van der Waals surface area contributed by atoms with E-state index >= 15 is 0 Å². The van der Waals surface area contributed by atoms with E-state index in [2.05, 4.69) is 15.5 Å². The number of nitrogens with one attached hydrogen (secondary N) is 1. The van der Waals surface area contributed by atoms with Gasteiger partial charge in [0.05, 0.1) is 17.1 Å². The number of nitrogen functional groups attached to an aromatic ring is 1. The van der Waals surface area contributed by atoms with Crippen LogP contribution >= 0.6 is 23.1 Å². The van der Waals surface area contributed by atoms with E-state index in [9.17, 15) is 9.59 Å². The number of anilines is 3. The summed E-state index contributed by atoms with van der Waals surface area (Å²) < 4.78 is 0.654. The van der Waals surface area contributed by atoms with Gasteiger partial charge in [-0.05, 0) is 25.0 Å². The van der Waals surface area contributed by atoms with Gasteiger partial charge in [-0.1, -0.05) is 48.1 Å². The molecule has 0 radical (unpaired) electrons. The van der Waals surface area contributed by atoms with Gasteiger partial charge >= 0.3 is 0 Å². The molecule has 1 aromatic carbocycles. The summed E-state index contributed by atoms with van der Waals surface area (Å²) in [5, 5.41) is 11.1. The number of hydrogen-bond acceptors (Lipinski definition) is 7. The van der Waals surface area contributed by atoms with Gasteiger partial charge in [0.1, 0.15) is 5.54 Å². The molecule has 1 spiro atoms. The third-order valence-corrected chi connectivity index (χ3v) is 6.54. The van der Waals surface area contributed by atoms with Gasteiger partial charge in [-0.2, -0.15) is 0 Å². The maximum atomic E-state index is 13.1. The second-order valence-corrected chi connectivity index (χ2v) is 8.37. The topological polar surface area (TPSA) is 101 Å². The van der Waals surface area contributed by atoms with Crippen LogP contribution in [0, 0.1) is 0 Å². The lowest BCUT2D eigenvalue weighted by Gasteiger charge is -2.44. The fourth-order valence-corrected chi connectivity index (χ4v) is 5.08. The molecule has 130 valence electrons. The molecule has 25 heavy (non-hydrogen) atoms. The average molecular weight is 375 g/mol. The van der Waals surface area contributed by atoms with Crippen molar-refractivity contribution in [1.29, 1.82) is 0 Å². The predicted octanol–water partition coefficient (Wildman–Crippen LogP) is 2.51. The molecule has 3 N–H and O–H groups in total. The Morgan fingerprint density at radius 3 is 2.80 bits per heavy atom. The number of para-hydroxylation sites is 2. The Hall–Kier alpha value is -2.13. The largest absolute Gasteiger partial charge is 0.374 e. The molecule has 0 saturated heterocycles. The zero-order chi connectivity index (χ0) is 17.4. The fourth-order valence-electron chi connectivity index (χ4n) is 3.60. The number of fused-ring (bicyclic) bond motifs is 1. The first kappa shape index (κ1) is 16.3. The van der Waals surface area contributed by atoms with E-state index < -0.39 is 5.54 Å². The van der Waals surface area contributed by atoms with Crippen molar-refractivity contribution in [2.24, 2.45) is 0 Å². The summed E-state index contributed by atoms with van der Waals surface area (Å²) in [6.07, 6.45) is 3.27. The molecular weight excluding hydrogens is 358 g/mol. The molecule has 2 amide bonds. The summed E-state index contributed by atoms with van der Waals surface area (Å²) in [6, 6.07) is 7.46. The number of aromatic nitrogens is 2. The van der Waals surface area contributed by atoms with Gasteiger partial charge in [0.15, 0.2) is 4.34 Å². The monoisotopic (exact) mass is 375 g/mol. The molecule has 0 bridgehead atoms. The Morgan fingerprint density at radius 2 is 2.08 bits per heavy atom. The molecule has 4 rings (SSSR count). The summed E-state index contributed by atoms with van der Waals surface area (Å²) in [6.45, 7) is 0. The maximum Gasteiger partial charge on any atom is 0.250 e. The van der Waals surface area contributed by atoms with Crippen LogP contribution in [0.4, 0.5) is 16.5 Å². The molecule has 7 nitrogen and oxygen atoms in total. The summed E-state index contributed by atoms with van der Waals surface area (Å²) >= 11 is 2.56. The van der Waals surface area contributed by atoms with Crippen molar-refractivity contribution in [2.75, 3.05) is 21.7 Å². The van der Waals surface area contributed by atoms with Gasteiger partial charge in [-0.3, -0.25) is 14.5 Å². The number of carbonyl (C=O) groups excluding carboxylic acids is 2. The fraction of sp³-hybridized carbons (Fsp3) is 0.375. The van der Waals surface area contributed by atoms with E-state index in [4.69, 9.17) is 5.73 Å². The van der Waals surface area contributed by atoms with Gasteiger partial charge < -0.3 is 11.1 Å². The van der Waals surface area contributed by atoms with E-state index in [0.29, 0.717) is 28.0 Å². The summed E-state index contributed by atoms with van der Waals surface area (Å²) in [4.78, 5) is 27.6. The lowest BCUT2D eigenvalue weighted by Crippen LogP contribution is -2.61. The van der Waals surface area contributed by atoms with Crippen LogP contribution < -0.4 is 16.0 Å². The molecule has 1 aliphatic heterocycles. The van der Waals surface area contributed by atoms with Gasteiger partial charge in [-0.25, -0.2) is 0 Å². The van der Waals surface area contributed by atoms with Crippen molar-refractivity contribution in [3.8, 4) is 0 Å². The molecule has 1 saturated carbocycles. The van der Waals surface area contributed by atoms with Gasteiger partial charge in [0, 0.05) is 0 Å². The predicted molar refractivity (Wildman–Crippen MR) is 98.8 cm³/mol. The number of nitrogens with zero attached hydrogens (tertiary/aromatic N) is 3. The Labute approximate surface area is 153 Å². The summed E-state index contributed by atoms with van der Waals surface area (Å²) in [7, 11) is 0. The van der Waals surface area contributed by atoms with E-state index in [1.165, 1.54) is 23.1 Å². The smallest absolute Gasteiger partial charge is 0.250 e. The lowest BCUT2D eigenvalue weighted by molar-refractivity contribution is -0.126. The number of benzene rings is 1. The van der Waals surface area contributed by atoms with E-state index in [1.54, 1.807) is 4.90 Å². The first-order chi connectivity index (χ1) is 12.1. The highest BCUT2D eigenvalue weighted by atomic mass is 32.2. The Balaban J connectivity index is 1.65. The molecule has 0 unspecified atom stereocenters. The molecule has 1 aliphatic carbocycles. The van der Waals surface area contributed by atoms with Gasteiger partial charge in [-0.15, -0.1) is 10.2 Å². The van der Waals surface area contributed by atoms with Crippen LogP contribution in [0.2, 0.25) is 0 Å². The standard InChI is InChI=1S/C16H17N5O2S2/c17-14-19-20-15(25-14)24-9-12(22)21-11-6-2-1-5-10(11)18-13(23)16(21)7-3-4-8-16/h1-2,5-6H,3-4,7-9H2,(H2,17,19)(H,18,23). The molecule has 1 aromatic heterocycles. The minimum atomic E-state index is -0.772. The first-order valence-corrected chi connectivity index (χ1v) is 9.86. The zero-order valence-electron chi connectivity index (χ0n) is 13.4. The SMILES string of the molecule is Nc1nnc(SCC(=O)N2c3ccccc3NC(=O)C23CCCC3)s1. The quantitative estimate of drug-likeness (QED) is 0.800. The highest BCUT2D eigenvalue weighted by Crippen LogP contribution is 2.45. The highest BCUT2D eigenvalue weighted by molar-refractivity contribution is 8.01. The van der Waals surface area contributed by atoms with Crippen molar-refractivity contribution in [2.45, 2.75) is 35.6 Å². The van der Waals surface area contributed by atoms with Crippen LogP contribution in [0.1, 0.15) is 25.7 Å². The minimum absolute atomic E-state index is 0.0813. The van der Waals surface area contributed by atoms with E-state index in [1.807, 2.05) is 24.3 Å². The first-order valence-electron chi connectivity index (χ1n) is 8.05. The van der Waals surface area contributed by atoms with E-state index in [0.717, 1.165) is 18.5 Å². The van der Waals surface area contributed by atoms with Crippen LogP contribution in [0.3, 0.4) is 0 Å². The second-order valence-electron chi connectivity index (χ2n) is 6.13. The maximum absolute atomic E-state index is 13.1. The van der Waals surface area contributed by atoms with Crippen LogP contribution in [0.25, 0.3) is 0 Å². The average Bonchev–Trinajstić information content (AvgIpc) is 3.24. The van der Waals surface area contributed by atoms with Gasteiger partial charge in [0.25, 0.3) is 5.91 Å². The number of thioether (sulfide) groups is 1. The highest BCUT2D eigenvalue weighted by Gasteiger charge is 2.52. The number of rotatable bonds is 3. The summed E-state index contributed by atoms with van der Waals surface area (Å²) in [5.41, 5.74) is 6.27. The molecule has 0 atom stereocenters. The summed E-state index contributed by atoms with van der Waals surface area (Å²) in [5.74, 6) is 0.0167. The molecule has 2 aliphatic rings.